The molecule has 0 radical (unpaired) electrons. The van der Waals surface area contributed by atoms with Crippen molar-refractivity contribution in [3.8, 4) is 22.3 Å². The van der Waals surface area contributed by atoms with Gasteiger partial charge >= 0.3 is 0 Å². The second-order valence-corrected chi connectivity index (χ2v) is 13.9. The molecule has 1 nitrogen and oxygen atoms in total. The number of anilines is 2. The Morgan fingerprint density at radius 2 is 1.20 bits per heavy atom. The third-order valence-electron chi connectivity index (χ3n) is 11.8. The fraction of sp³-hybridized carbons (Fsp3) is 0.156. The van der Waals surface area contributed by atoms with E-state index in [0.29, 0.717) is 11.8 Å². The van der Waals surface area contributed by atoms with E-state index in [1.165, 1.54) is 95.1 Å². The number of fused-ring (bicyclic) bond motifs is 4. The molecule has 0 aromatic heterocycles. The molecule has 1 saturated carbocycles. The average molecular weight is 590 g/mol. The first kappa shape index (κ1) is 26.1. The third-order valence-corrected chi connectivity index (χ3v) is 11.8. The molecule has 1 aliphatic carbocycles. The highest BCUT2D eigenvalue weighted by molar-refractivity contribution is 6.28. The molecule has 3 atom stereocenters. The van der Waals surface area contributed by atoms with Crippen molar-refractivity contribution in [1.82, 2.24) is 0 Å². The van der Waals surface area contributed by atoms with E-state index in [9.17, 15) is 0 Å². The van der Waals surface area contributed by atoms with Gasteiger partial charge in [0, 0.05) is 17.3 Å². The minimum absolute atomic E-state index is 0.0863. The normalized spacial score (nSPS) is 20.7. The van der Waals surface area contributed by atoms with Gasteiger partial charge in [-0.05, 0) is 121 Å². The van der Waals surface area contributed by atoms with Gasteiger partial charge in [-0.15, -0.1) is 0 Å². The highest BCUT2D eigenvalue weighted by atomic mass is 15.2. The maximum absolute atomic E-state index is 2.66. The lowest BCUT2D eigenvalue weighted by Crippen LogP contribution is -2.45. The van der Waals surface area contributed by atoms with Crippen LogP contribution in [0.2, 0.25) is 0 Å². The van der Waals surface area contributed by atoms with Crippen molar-refractivity contribution in [3.05, 3.63) is 145 Å². The van der Waals surface area contributed by atoms with Gasteiger partial charge in [-0.3, -0.25) is 0 Å². The quantitative estimate of drug-likeness (QED) is 0.185. The van der Waals surface area contributed by atoms with Crippen LogP contribution < -0.4 is 4.90 Å². The van der Waals surface area contributed by atoms with Gasteiger partial charge in [0.25, 0.3) is 0 Å². The molecular formula is C45H35N. The maximum Gasteiger partial charge on any atom is 0.0518 e. The van der Waals surface area contributed by atoms with E-state index in [1.807, 2.05) is 0 Å². The van der Waals surface area contributed by atoms with Crippen LogP contribution in [-0.4, -0.2) is 5.54 Å². The van der Waals surface area contributed by atoms with Crippen LogP contribution in [-0.2, 0) is 0 Å². The minimum Gasteiger partial charge on any atom is -0.334 e. The number of hydrogen-bond acceptors (Lipinski definition) is 1. The Kier molecular flexibility index (Phi) is 5.36. The predicted molar refractivity (Wildman–Crippen MR) is 197 cm³/mol. The third kappa shape index (κ3) is 3.41. The lowest BCUT2D eigenvalue weighted by atomic mass is 9.81. The summed E-state index contributed by atoms with van der Waals surface area (Å²) in [5.41, 5.74) is 9.53. The van der Waals surface area contributed by atoms with Gasteiger partial charge in [-0.2, -0.15) is 0 Å². The highest BCUT2D eigenvalue weighted by Gasteiger charge is 2.55. The molecule has 0 saturated heterocycles. The Hall–Kier alpha value is -5.14. The Morgan fingerprint density at radius 1 is 0.543 bits per heavy atom. The first-order valence-corrected chi connectivity index (χ1v) is 16.8. The summed E-state index contributed by atoms with van der Waals surface area (Å²) < 4.78 is 0. The number of para-hydroxylation sites is 1. The van der Waals surface area contributed by atoms with Crippen LogP contribution >= 0.6 is 0 Å². The van der Waals surface area contributed by atoms with Crippen molar-refractivity contribution < 1.29 is 0 Å². The summed E-state index contributed by atoms with van der Waals surface area (Å²) in [4.78, 5) is 2.66. The molecule has 1 heterocycles. The van der Waals surface area contributed by atoms with Gasteiger partial charge in [0.15, 0.2) is 0 Å². The van der Waals surface area contributed by atoms with Crippen molar-refractivity contribution >= 4 is 54.5 Å². The van der Waals surface area contributed by atoms with Crippen LogP contribution in [0.1, 0.15) is 38.2 Å². The predicted octanol–water partition coefficient (Wildman–Crippen LogP) is 12.5. The number of nitrogens with zero attached hydrogens (tertiary/aromatic N) is 1. The van der Waals surface area contributed by atoms with Crippen LogP contribution in [0, 0.1) is 5.92 Å². The highest BCUT2D eigenvalue weighted by Crippen LogP contribution is 2.61. The molecule has 0 bridgehead atoms. The summed E-state index contributed by atoms with van der Waals surface area (Å²) in [6, 6.07) is 52.5. The second kappa shape index (κ2) is 9.44. The molecule has 3 unspecified atom stereocenters. The molecule has 46 heavy (non-hydrogen) atoms. The van der Waals surface area contributed by atoms with Gasteiger partial charge in [0.2, 0.25) is 0 Å². The molecule has 220 valence electrons. The zero-order chi connectivity index (χ0) is 30.6. The van der Waals surface area contributed by atoms with Gasteiger partial charge in [0.1, 0.15) is 0 Å². The van der Waals surface area contributed by atoms with Crippen LogP contribution in [0.5, 0.6) is 0 Å². The summed E-state index contributed by atoms with van der Waals surface area (Å²) in [5.74, 6) is 1.15. The van der Waals surface area contributed by atoms with Crippen LogP contribution in [0.4, 0.5) is 11.4 Å². The molecule has 0 spiro atoms. The number of benzene rings is 8. The zero-order valence-corrected chi connectivity index (χ0v) is 26.3. The fourth-order valence-electron chi connectivity index (χ4n) is 9.40. The first-order chi connectivity index (χ1) is 22.6. The fourth-order valence-corrected chi connectivity index (χ4v) is 9.40. The molecule has 2 aliphatic rings. The van der Waals surface area contributed by atoms with Crippen molar-refractivity contribution in [2.75, 3.05) is 4.90 Å². The maximum atomic E-state index is 2.66. The Bertz CT molecular complexity index is 2470. The Labute approximate surface area is 270 Å². The Morgan fingerprint density at radius 3 is 2.00 bits per heavy atom. The summed E-state index contributed by atoms with van der Waals surface area (Å²) in [5, 5.41) is 10.6. The SMILES string of the molecule is CC1CCC2c3cc(-c4ccc5ccc6c(-c7cccc8ccccc78)ccc7ccc4c5c76)ccc3N(c3ccccc3)C12C. The number of rotatable bonds is 3. The summed E-state index contributed by atoms with van der Waals surface area (Å²) in [7, 11) is 0. The van der Waals surface area contributed by atoms with Crippen LogP contribution in [0.3, 0.4) is 0 Å². The van der Waals surface area contributed by atoms with Gasteiger partial charge in [-0.25, -0.2) is 0 Å². The van der Waals surface area contributed by atoms with E-state index in [0.717, 1.165) is 0 Å². The van der Waals surface area contributed by atoms with Gasteiger partial charge in [-0.1, -0.05) is 122 Å². The van der Waals surface area contributed by atoms with E-state index in [4.69, 9.17) is 0 Å². The van der Waals surface area contributed by atoms with Gasteiger partial charge in [0.05, 0.1) is 5.54 Å². The summed E-state index contributed by atoms with van der Waals surface area (Å²) in [6.07, 6.45) is 2.51. The van der Waals surface area contributed by atoms with Crippen molar-refractivity contribution in [3.63, 3.8) is 0 Å². The van der Waals surface area contributed by atoms with E-state index >= 15 is 0 Å². The van der Waals surface area contributed by atoms with Crippen molar-refractivity contribution in [1.29, 1.82) is 0 Å². The molecular weight excluding hydrogens is 555 g/mol. The smallest absolute Gasteiger partial charge is 0.0518 e. The lowest BCUT2D eigenvalue weighted by molar-refractivity contribution is 0.355. The molecule has 1 fully saturated rings. The topological polar surface area (TPSA) is 3.24 Å². The van der Waals surface area contributed by atoms with Crippen LogP contribution in [0.25, 0.3) is 65.3 Å². The Balaban J connectivity index is 1.18. The van der Waals surface area contributed by atoms with Gasteiger partial charge < -0.3 is 4.90 Å². The summed E-state index contributed by atoms with van der Waals surface area (Å²) >= 11 is 0. The van der Waals surface area contributed by atoms with Crippen LogP contribution in [0.15, 0.2) is 140 Å². The largest absolute Gasteiger partial charge is 0.334 e. The van der Waals surface area contributed by atoms with E-state index in [-0.39, 0.29) is 5.54 Å². The number of hydrogen-bond donors (Lipinski definition) is 0. The van der Waals surface area contributed by atoms with E-state index in [2.05, 4.69) is 158 Å². The van der Waals surface area contributed by atoms with Crippen molar-refractivity contribution in [2.45, 2.75) is 38.1 Å². The second-order valence-electron chi connectivity index (χ2n) is 13.9. The minimum atomic E-state index is 0.0863. The first-order valence-electron chi connectivity index (χ1n) is 16.8. The zero-order valence-electron chi connectivity index (χ0n) is 26.3. The molecule has 0 N–H and O–H groups in total. The standard InChI is InChI=1S/C45H35N/c1-28-15-25-41-40-27-32(20-26-42(40)46(45(28,41)2)33-11-4-3-5-12-33)35-21-16-30-19-24-39-37(22-17-31-18-23-38(35)43(30)44(31)39)36-14-8-10-29-9-6-7-13-34(29)36/h3-14,16-24,26-28,41H,15,25H2,1-2H3. The summed E-state index contributed by atoms with van der Waals surface area (Å²) in [6.45, 7) is 4.96. The average Bonchev–Trinajstić information content (AvgIpc) is 3.55. The van der Waals surface area contributed by atoms with E-state index in [1.54, 1.807) is 0 Å². The van der Waals surface area contributed by atoms with E-state index < -0.39 is 0 Å². The molecule has 10 rings (SSSR count). The molecule has 8 aromatic carbocycles. The van der Waals surface area contributed by atoms with Crippen molar-refractivity contribution in [2.24, 2.45) is 5.92 Å². The lowest BCUT2D eigenvalue weighted by Gasteiger charge is -2.41. The molecule has 8 aromatic rings. The molecule has 1 aliphatic heterocycles. The monoisotopic (exact) mass is 589 g/mol. The molecule has 0 amide bonds. The molecule has 1 heteroatoms.